The lowest BCUT2D eigenvalue weighted by atomic mass is 10.0. The van der Waals surface area contributed by atoms with E-state index in [1.54, 1.807) is 0 Å². The standard InChI is InChI=1S/C30H34BrN3O2/c1-22(2)23-14-16-26(17-15-23)36-20-19-34-28-12-6-5-11-27(28)33-29(34)13-4-3-7-18-32-30(35)24-9-8-10-25(31)21-24/h5-6,8-12,14-17,21-22H,3-4,7,13,18-20H2,1-2H3,(H,32,35). The fraction of sp³-hybridized carbons (Fsp3) is 0.333. The van der Waals surface area contributed by atoms with Gasteiger partial charge < -0.3 is 14.6 Å². The first kappa shape index (κ1) is 26.0. The fourth-order valence-electron chi connectivity index (χ4n) is 4.29. The maximum Gasteiger partial charge on any atom is 0.251 e. The zero-order valence-electron chi connectivity index (χ0n) is 21.0. The molecule has 0 aliphatic rings. The zero-order valence-corrected chi connectivity index (χ0v) is 22.6. The highest BCUT2D eigenvalue weighted by Gasteiger charge is 2.11. The molecule has 4 aromatic rings. The molecule has 5 nitrogen and oxygen atoms in total. The largest absolute Gasteiger partial charge is 0.492 e. The van der Waals surface area contributed by atoms with Gasteiger partial charge in [-0.25, -0.2) is 4.98 Å². The van der Waals surface area contributed by atoms with Crippen molar-refractivity contribution < 1.29 is 9.53 Å². The van der Waals surface area contributed by atoms with Gasteiger partial charge in [0.25, 0.3) is 5.91 Å². The molecule has 0 atom stereocenters. The average molecular weight is 549 g/mol. The number of nitrogens with one attached hydrogen (secondary N) is 1. The summed E-state index contributed by atoms with van der Waals surface area (Å²) in [7, 11) is 0. The van der Waals surface area contributed by atoms with Crippen LogP contribution in [-0.4, -0.2) is 28.6 Å². The van der Waals surface area contributed by atoms with E-state index >= 15 is 0 Å². The summed E-state index contributed by atoms with van der Waals surface area (Å²) in [6.45, 7) is 6.41. The molecule has 0 unspecified atom stereocenters. The number of nitrogens with zero attached hydrogens (tertiary/aromatic N) is 2. The number of carbonyl (C=O) groups is 1. The maximum atomic E-state index is 12.3. The van der Waals surface area contributed by atoms with Gasteiger partial charge in [-0.2, -0.15) is 0 Å². The van der Waals surface area contributed by atoms with E-state index in [1.165, 1.54) is 5.56 Å². The predicted molar refractivity (Wildman–Crippen MR) is 150 cm³/mol. The van der Waals surface area contributed by atoms with Crippen LogP contribution in [0.4, 0.5) is 0 Å². The van der Waals surface area contributed by atoms with Gasteiger partial charge in [0.15, 0.2) is 0 Å². The molecule has 0 aliphatic heterocycles. The van der Waals surface area contributed by atoms with Gasteiger partial charge in [-0.3, -0.25) is 4.79 Å². The molecule has 3 aromatic carbocycles. The molecule has 0 bridgehead atoms. The Hall–Kier alpha value is -3.12. The summed E-state index contributed by atoms with van der Waals surface area (Å²) in [6.07, 6.45) is 3.89. The summed E-state index contributed by atoms with van der Waals surface area (Å²) < 4.78 is 9.24. The molecule has 0 radical (unpaired) electrons. The molecule has 188 valence electrons. The fourth-order valence-corrected chi connectivity index (χ4v) is 4.69. The Morgan fingerprint density at radius 1 is 1.00 bits per heavy atom. The molecule has 0 saturated heterocycles. The molecule has 0 saturated carbocycles. The molecule has 4 rings (SSSR count). The minimum Gasteiger partial charge on any atom is -0.492 e. The van der Waals surface area contributed by atoms with E-state index in [4.69, 9.17) is 9.72 Å². The molecule has 1 amide bonds. The van der Waals surface area contributed by atoms with Crippen molar-refractivity contribution in [3.8, 4) is 5.75 Å². The van der Waals surface area contributed by atoms with E-state index in [2.05, 4.69) is 82.1 Å². The number of aromatic nitrogens is 2. The quantitative estimate of drug-likeness (QED) is 0.192. The van der Waals surface area contributed by atoms with Crippen LogP contribution in [0.2, 0.25) is 0 Å². The SMILES string of the molecule is CC(C)c1ccc(OCCn2c(CCCCCNC(=O)c3cccc(Br)c3)nc3ccccc32)cc1. The highest BCUT2D eigenvalue weighted by atomic mass is 79.9. The Balaban J connectivity index is 1.27. The van der Waals surface area contributed by atoms with E-state index in [0.717, 1.165) is 59.3 Å². The van der Waals surface area contributed by atoms with Gasteiger partial charge in [-0.1, -0.05) is 66.5 Å². The number of amides is 1. The number of benzene rings is 3. The smallest absolute Gasteiger partial charge is 0.251 e. The summed E-state index contributed by atoms with van der Waals surface area (Å²) in [5, 5.41) is 3.01. The lowest BCUT2D eigenvalue weighted by molar-refractivity contribution is 0.0953. The number of carbonyl (C=O) groups excluding carboxylic acids is 1. The number of hydrogen-bond donors (Lipinski definition) is 1. The van der Waals surface area contributed by atoms with Crippen LogP contribution < -0.4 is 10.1 Å². The molecule has 0 aliphatic carbocycles. The second-order valence-corrected chi connectivity index (χ2v) is 10.2. The van der Waals surface area contributed by atoms with Crippen LogP contribution in [0.15, 0.2) is 77.3 Å². The number of aryl methyl sites for hydroxylation is 1. The van der Waals surface area contributed by atoms with Crippen LogP contribution in [-0.2, 0) is 13.0 Å². The number of hydrogen-bond acceptors (Lipinski definition) is 3. The van der Waals surface area contributed by atoms with E-state index in [9.17, 15) is 4.79 Å². The van der Waals surface area contributed by atoms with E-state index in [1.807, 2.05) is 30.3 Å². The topological polar surface area (TPSA) is 56.1 Å². The second kappa shape index (κ2) is 12.7. The summed E-state index contributed by atoms with van der Waals surface area (Å²) in [5.74, 6) is 2.47. The summed E-state index contributed by atoms with van der Waals surface area (Å²) in [5.41, 5.74) is 4.16. The molecule has 0 fully saturated rings. The van der Waals surface area contributed by atoms with Crippen LogP contribution in [0.3, 0.4) is 0 Å². The van der Waals surface area contributed by atoms with Crippen molar-refractivity contribution in [3.05, 3.63) is 94.2 Å². The van der Waals surface area contributed by atoms with Crippen molar-refractivity contribution in [1.29, 1.82) is 0 Å². The van der Waals surface area contributed by atoms with E-state index in [0.29, 0.717) is 24.6 Å². The minimum atomic E-state index is -0.0306. The van der Waals surface area contributed by atoms with Crippen molar-refractivity contribution in [2.45, 2.75) is 52.0 Å². The highest BCUT2D eigenvalue weighted by Crippen LogP contribution is 2.20. The third-order valence-electron chi connectivity index (χ3n) is 6.31. The summed E-state index contributed by atoms with van der Waals surface area (Å²) in [6, 6.07) is 24.1. The number of fused-ring (bicyclic) bond motifs is 1. The normalized spacial score (nSPS) is 11.2. The lowest BCUT2D eigenvalue weighted by Crippen LogP contribution is -2.24. The highest BCUT2D eigenvalue weighted by molar-refractivity contribution is 9.10. The van der Waals surface area contributed by atoms with Crippen LogP contribution in [0, 0.1) is 0 Å². The minimum absolute atomic E-state index is 0.0306. The molecular formula is C30H34BrN3O2. The summed E-state index contributed by atoms with van der Waals surface area (Å²) in [4.78, 5) is 17.2. The van der Waals surface area contributed by atoms with Gasteiger partial charge in [0.05, 0.1) is 17.6 Å². The number of ether oxygens (including phenoxy) is 1. The molecular weight excluding hydrogens is 514 g/mol. The molecule has 1 N–H and O–H groups in total. The number of halogens is 1. The van der Waals surface area contributed by atoms with Gasteiger partial charge in [0.1, 0.15) is 18.2 Å². The molecule has 36 heavy (non-hydrogen) atoms. The van der Waals surface area contributed by atoms with Crippen molar-refractivity contribution in [2.75, 3.05) is 13.2 Å². The number of para-hydroxylation sites is 2. The monoisotopic (exact) mass is 547 g/mol. The first-order chi connectivity index (χ1) is 17.5. The predicted octanol–water partition coefficient (Wildman–Crippen LogP) is 7.14. The maximum absolute atomic E-state index is 12.3. The van der Waals surface area contributed by atoms with E-state index in [-0.39, 0.29) is 5.91 Å². The zero-order chi connectivity index (χ0) is 25.3. The number of rotatable bonds is 12. The Bertz CT molecular complexity index is 1280. The van der Waals surface area contributed by atoms with Gasteiger partial charge in [0.2, 0.25) is 0 Å². The molecule has 0 spiro atoms. The summed E-state index contributed by atoms with van der Waals surface area (Å²) >= 11 is 3.41. The van der Waals surface area contributed by atoms with Crippen LogP contribution in [0.1, 0.15) is 60.8 Å². The molecule has 6 heteroatoms. The van der Waals surface area contributed by atoms with Crippen LogP contribution in [0.25, 0.3) is 11.0 Å². The van der Waals surface area contributed by atoms with Gasteiger partial charge in [-0.05, 0) is 66.8 Å². The molecule has 1 aromatic heterocycles. The van der Waals surface area contributed by atoms with Crippen molar-refractivity contribution in [1.82, 2.24) is 14.9 Å². The number of imidazole rings is 1. The second-order valence-electron chi connectivity index (χ2n) is 9.32. The Morgan fingerprint density at radius 2 is 1.81 bits per heavy atom. The van der Waals surface area contributed by atoms with Crippen LogP contribution in [0.5, 0.6) is 5.75 Å². The third-order valence-corrected chi connectivity index (χ3v) is 6.81. The van der Waals surface area contributed by atoms with Crippen molar-refractivity contribution >= 4 is 32.9 Å². The van der Waals surface area contributed by atoms with Gasteiger partial charge in [-0.15, -0.1) is 0 Å². The van der Waals surface area contributed by atoms with Gasteiger partial charge >= 0.3 is 0 Å². The Labute approximate surface area is 222 Å². The molecule has 1 heterocycles. The third kappa shape index (κ3) is 6.97. The Kier molecular flexibility index (Phi) is 9.17. The number of unbranched alkanes of at least 4 members (excludes halogenated alkanes) is 2. The first-order valence-electron chi connectivity index (χ1n) is 12.7. The van der Waals surface area contributed by atoms with Crippen molar-refractivity contribution in [2.24, 2.45) is 0 Å². The van der Waals surface area contributed by atoms with E-state index < -0.39 is 0 Å². The lowest BCUT2D eigenvalue weighted by Gasteiger charge is -2.12. The van der Waals surface area contributed by atoms with Gasteiger partial charge in [0, 0.05) is 23.0 Å². The first-order valence-corrected chi connectivity index (χ1v) is 13.5. The van der Waals surface area contributed by atoms with Crippen molar-refractivity contribution in [3.63, 3.8) is 0 Å². The van der Waals surface area contributed by atoms with Crippen LogP contribution >= 0.6 is 15.9 Å². The average Bonchev–Trinajstić information content (AvgIpc) is 3.23. The Morgan fingerprint density at radius 3 is 2.58 bits per heavy atom.